The molecular weight excluding hydrogens is 305 g/mol. The Morgan fingerprint density at radius 2 is 1.95 bits per heavy atom. The number of hydrogen-bond acceptors (Lipinski definition) is 8. The Morgan fingerprint density at radius 1 is 1.27 bits per heavy atom. The summed E-state index contributed by atoms with van der Waals surface area (Å²) >= 11 is 0. The fourth-order valence-electron chi connectivity index (χ4n) is 2.02. The molecule has 10 heteroatoms. The van der Waals surface area contributed by atoms with E-state index >= 15 is 0 Å². The Kier molecular flexibility index (Phi) is 4.88. The van der Waals surface area contributed by atoms with Crippen LogP contribution in [-0.4, -0.2) is 62.7 Å². The van der Waals surface area contributed by atoms with E-state index < -0.39 is 59.5 Å². The first-order chi connectivity index (χ1) is 10.3. The molecule has 0 unspecified atom stereocenters. The molecule has 0 bridgehead atoms. The van der Waals surface area contributed by atoms with Crippen molar-refractivity contribution >= 4 is 5.69 Å². The molecule has 122 valence electrons. The van der Waals surface area contributed by atoms with Crippen molar-refractivity contribution in [1.29, 1.82) is 0 Å². The Hall–Kier alpha value is -1.85. The van der Waals surface area contributed by atoms with E-state index in [1.54, 1.807) is 0 Å². The van der Waals surface area contributed by atoms with E-state index in [-0.39, 0.29) is 0 Å². The zero-order valence-corrected chi connectivity index (χ0v) is 11.1. The van der Waals surface area contributed by atoms with Crippen LogP contribution in [0.2, 0.25) is 0 Å². The third-order valence-electron chi connectivity index (χ3n) is 3.21. The smallest absolute Gasteiger partial charge is 0.311 e. The molecule has 1 aromatic carbocycles. The minimum Gasteiger partial charge on any atom is -0.455 e. The average Bonchev–Trinajstić information content (AvgIpc) is 2.47. The van der Waals surface area contributed by atoms with Crippen molar-refractivity contribution < 1.29 is 39.2 Å². The number of hydrogen-bond donors (Lipinski definition) is 4. The van der Waals surface area contributed by atoms with Crippen LogP contribution in [0.1, 0.15) is 0 Å². The molecule has 0 aromatic heterocycles. The van der Waals surface area contributed by atoms with E-state index in [0.29, 0.717) is 0 Å². The maximum absolute atomic E-state index is 13.2. The van der Waals surface area contributed by atoms with Crippen LogP contribution < -0.4 is 4.74 Å². The second-order valence-electron chi connectivity index (χ2n) is 4.68. The summed E-state index contributed by atoms with van der Waals surface area (Å²) in [4.78, 5) is 10.0. The van der Waals surface area contributed by atoms with E-state index in [1.165, 1.54) is 0 Å². The molecule has 4 N–H and O–H groups in total. The van der Waals surface area contributed by atoms with E-state index in [0.717, 1.165) is 18.2 Å². The van der Waals surface area contributed by atoms with Crippen LogP contribution in [0.15, 0.2) is 18.2 Å². The third kappa shape index (κ3) is 3.15. The van der Waals surface area contributed by atoms with E-state index in [9.17, 15) is 29.8 Å². The lowest BCUT2D eigenvalue weighted by atomic mass is 9.99. The largest absolute Gasteiger partial charge is 0.455 e. The molecule has 5 atom stereocenters. The zero-order chi connectivity index (χ0) is 16.4. The molecule has 9 nitrogen and oxygen atoms in total. The predicted octanol–water partition coefficient (Wildman–Crippen LogP) is -1.09. The first-order valence-electron chi connectivity index (χ1n) is 6.26. The van der Waals surface area contributed by atoms with E-state index in [1.807, 2.05) is 0 Å². The molecular formula is C12H14FNO8. The van der Waals surface area contributed by atoms with Crippen molar-refractivity contribution in [2.24, 2.45) is 0 Å². The molecule has 0 aliphatic carbocycles. The number of rotatable bonds is 4. The van der Waals surface area contributed by atoms with Crippen molar-refractivity contribution in [1.82, 2.24) is 0 Å². The van der Waals surface area contributed by atoms with Gasteiger partial charge in [0, 0.05) is 12.1 Å². The van der Waals surface area contributed by atoms with Gasteiger partial charge in [-0.2, -0.15) is 0 Å². The maximum Gasteiger partial charge on any atom is 0.311 e. The Balaban J connectivity index is 2.26. The van der Waals surface area contributed by atoms with Gasteiger partial charge in [-0.3, -0.25) is 10.1 Å². The summed E-state index contributed by atoms with van der Waals surface area (Å²) in [6, 6.07) is 2.45. The fourth-order valence-corrected chi connectivity index (χ4v) is 2.02. The Morgan fingerprint density at radius 3 is 2.55 bits per heavy atom. The monoisotopic (exact) mass is 319 g/mol. The topological polar surface area (TPSA) is 143 Å². The fraction of sp³-hybridized carbons (Fsp3) is 0.500. The number of nitro benzene ring substituents is 1. The third-order valence-corrected chi connectivity index (χ3v) is 3.21. The number of aliphatic hydroxyl groups is 4. The first-order valence-corrected chi connectivity index (χ1v) is 6.26. The standard InChI is InChI=1S/C12H14FNO8/c13-5-1-2-6(14(19)20)7(3-5)21-12-11(18)10(17)9(16)8(4-15)22-12/h1-3,8-12,15-18H,4H2/t8-,9+,10+,11-,12-/m1/s1. The Labute approximate surface area is 123 Å². The number of nitrogens with zero attached hydrogens (tertiary/aromatic N) is 1. The van der Waals surface area contributed by atoms with Gasteiger partial charge in [0.15, 0.2) is 0 Å². The van der Waals surface area contributed by atoms with Crippen molar-refractivity contribution in [3.05, 3.63) is 34.1 Å². The molecule has 1 heterocycles. The number of aliphatic hydroxyl groups excluding tert-OH is 4. The molecule has 1 aromatic rings. The summed E-state index contributed by atoms with van der Waals surface area (Å²) in [6.45, 7) is -0.684. The SMILES string of the molecule is O=[N+]([O-])c1ccc(F)cc1O[C@@H]1O[C@H](CO)[C@H](O)[C@H](O)[C@H]1O. The van der Waals surface area contributed by atoms with Gasteiger partial charge in [0.1, 0.15) is 30.2 Å². The molecule has 0 radical (unpaired) electrons. The summed E-state index contributed by atoms with van der Waals surface area (Å²) in [6.07, 6.45) is -7.92. The summed E-state index contributed by atoms with van der Waals surface area (Å²) < 4.78 is 23.3. The highest BCUT2D eigenvalue weighted by molar-refractivity contribution is 5.46. The lowest BCUT2D eigenvalue weighted by molar-refractivity contribution is -0.387. The van der Waals surface area contributed by atoms with Crippen LogP contribution in [0.3, 0.4) is 0 Å². The summed E-state index contributed by atoms with van der Waals surface area (Å²) in [7, 11) is 0. The van der Waals surface area contributed by atoms with Gasteiger partial charge in [-0.15, -0.1) is 0 Å². The maximum atomic E-state index is 13.2. The van der Waals surface area contributed by atoms with Gasteiger partial charge < -0.3 is 29.9 Å². The summed E-state index contributed by atoms with van der Waals surface area (Å²) in [5.74, 6) is -1.33. The van der Waals surface area contributed by atoms with Crippen LogP contribution in [0.25, 0.3) is 0 Å². The molecule has 2 rings (SSSR count). The molecule has 0 spiro atoms. The summed E-state index contributed by atoms with van der Waals surface area (Å²) in [5.41, 5.74) is -0.571. The van der Waals surface area contributed by atoms with Gasteiger partial charge in [-0.25, -0.2) is 4.39 Å². The second-order valence-corrected chi connectivity index (χ2v) is 4.68. The van der Waals surface area contributed by atoms with Crippen LogP contribution >= 0.6 is 0 Å². The van der Waals surface area contributed by atoms with Gasteiger partial charge >= 0.3 is 5.69 Å². The highest BCUT2D eigenvalue weighted by Crippen LogP contribution is 2.31. The van der Waals surface area contributed by atoms with E-state index in [2.05, 4.69) is 0 Å². The van der Waals surface area contributed by atoms with E-state index in [4.69, 9.17) is 14.6 Å². The molecule has 1 aliphatic heterocycles. The molecule has 22 heavy (non-hydrogen) atoms. The minimum absolute atomic E-state index is 0.519. The molecule has 1 fully saturated rings. The number of nitro groups is 1. The lowest BCUT2D eigenvalue weighted by Gasteiger charge is -2.39. The zero-order valence-electron chi connectivity index (χ0n) is 11.1. The highest BCUT2D eigenvalue weighted by atomic mass is 19.1. The van der Waals surface area contributed by atoms with Crippen molar-refractivity contribution in [3.63, 3.8) is 0 Å². The number of halogens is 1. The summed E-state index contributed by atoms with van der Waals surface area (Å²) in [5, 5.41) is 48.9. The quantitative estimate of drug-likeness (QED) is 0.405. The predicted molar refractivity (Wildman–Crippen MR) is 67.4 cm³/mol. The minimum atomic E-state index is -1.75. The molecule has 1 aliphatic rings. The van der Waals surface area contributed by atoms with Gasteiger partial charge in [0.05, 0.1) is 11.5 Å². The van der Waals surface area contributed by atoms with Gasteiger partial charge in [0.25, 0.3) is 0 Å². The van der Waals surface area contributed by atoms with Crippen LogP contribution in [0.4, 0.5) is 10.1 Å². The van der Waals surface area contributed by atoms with Crippen molar-refractivity contribution in [2.45, 2.75) is 30.7 Å². The molecule has 0 saturated carbocycles. The normalized spacial score (nSPS) is 31.8. The lowest BCUT2D eigenvalue weighted by Crippen LogP contribution is -2.60. The number of ether oxygens (including phenoxy) is 2. The van der Waals surface area contributed by atoms with Gasteiger partial charge in [-0.1, -0.05) is 0 Å². The Bertz CT molecular complexity index is 554. The van der Waals surface area contributed by atoms with Crippen LogP contribution in [-0.2, 0) is 4.74 Å². The van der Waals surface area contributed by atoms with Gasteiger partial charge in [0.2, 0.25) is 12.0 Å². The van der Waals surface area contributed by atoms with Crippen LogP contribution in [0.5, 0.6) is 5.75 Å². The highest BCUT2D eigenvalue weighted by Gasteiger charge is 2.45. The number of benzene rings is 1. The molecule has 0 amide bonds. The second kappa shape index (κ2) is 6.50. The molecule has 1 saturated heterocycles. The van der Waals surface area contributed by atoms with Crippen molar-refractivity contribution in [2.75, 3.05) is 6.61 Å². The van der Waals surface area contributed by atoms with Gasteiger partial charge in [-0.05, 0) is 6.07 Å². The van der Waals surface area contributed by atoms with Crippen LogP contribution in [0, 0.1) is 15.9 Å². The average molecular weight is 319 g/mol. The first kappa shape index (κ1) is 16.5. The van der Waals surface area contributed by atoms with Crippen molar-refractivity contribution in [3.8, 4) is 5.75 Å².